The summed E-state index contributed by atoms with van der Waals surface area (Å²) in [6.45, 7) is 0.726. The molecule has 0 atom stereocenters. The van der Waals surface area contributed by atoms with Crippen LogP contribution >= 0.6 is 12.4 Å². The smallest absolute Gasteiger partial charge is 0.224 e. The predicted octanol–water partition coefficient (Wildman–Crippen LogP) is 3.14. The Morgan fingerprint density at radius 3 is 2.64 bits per heavy atom. The summed E-state index contributed by atoms with van der Waals surface area (Å²) in [5.41, 5.74) is 7.11. The van der Waals surface area contributed by atoms with Crippen LogP contribution in [-0.2, 0) is 4.79 Å². The van der Waals surface area contributed by atoms with Gasteiger partial charge in [0.15, 0.2) is 0 Å². The summed E-state index contributed by atoms with van der Waals surface area (Å²) < 4.78 is 1.75. The van der Waals surface area contributed by atoms with Crippen molar-refractivity contribution in [3.8, 4) is 5.69 Å². The van der Waals surface area contributed by atoms with Crippen LogP contribution in [0.1, 0.15) is 32.1 Å². The minimum absolute atomic E-state index is 0. The van der Waals surface area contributed by atoms with Gasteiger partial charge in [0.05, 0.1) is 11.4 Å². The van der Waals surface area contributed by atoms with Crippen molar-refractivity contribution >= 4 is 24.0 Å². The largest absolute Gasteiger partial charge is 0.330 e. The second-order valence-electron chi connectivity index (χ2n) is 4.97. The van der Waals surface area contributed by atoms with Gasteiger partial charge in [-0.1, -0.05) is 25.0 Å². The second kappa shape index (κ2) is 9.97. The molecule has 22 heavy (non-hydrogen) atoms. The molecule has 120 valence electrons. The Morgan fingerprint density at radius 2 is 1.91 bits per heavy atom. The number of hydrogen-bond acceptors (Lipinski definition) is 3. The van der Waals surface area contributed by atoms with Crippen LogP contribution in [0.2, 0.25) is 0 Å². The van der Waals surface area contributed by atoms with Crippen LogP contribution in [0.15, 0.2) is 42.7 Å². The number of hydrogen-bond donors (Lipinski definition) is 2. The lowest BCUT2D eigenvalue weighted by Crippen LogP contribution is -2.13. The normalized spacial score (nSPS) is 10.0. The molecule has 0 radical (unpaired) electrons. The maximum Gasteiger partial charge on any atom is 0.224 e. The molecule has 0 saturated heterocycles. The molecule has 0 spiro atoms. The number of para-hydroxylation sites is 2. The molecular formula is C16H23ClN4O. The number of carbonyl (C=O) groups excluding carboxylic acids is 1. The fourth-order valence-corrected chi connectivity index (χ4v) is 2.19. The van der Waals surface area contributed by atoms with E-state index < -0.39 is 0 Å². The number of amides is 1. The number of rotatable bonds is 8. The van der Waals surface area contributed by atoms with Crippen molar-refractivity contribution in [2.75, 3.05) is 11.9 Å². The molecule has 0 aliphatic carbocycles. The number of nitrogens with one attached hydrogen (secondary N) is 1. The number of aromatic nitrogens is 2. The minimum atomic E-state index is 0. The number of anilines is 1. The first kappa shape index (κ1) is 18.2. The molecule has 1 aromatic carbocycles. The Balaban J connectivity index is 0.00000242. The van der Waals surface area contributed by atoms with Crippen LogP contribution in [0.4, 0.5) is 5.69 Å². The van der Waals surface area contributed by atoms with Crippen molar-refractivity contribution in [3.05, 3.63) is 42.7 Å². The predicted molar refractivity (Wildman–Crippen MR) is 91.6 cm³/mol. The quantitative estimate of drug-likeness (QED) is 0.733. The van der Waals surface area contributed by atoms with Crippen molar-refractivity contribution in [2.24, 2.45) is 5.73 Å². The molecule has 1 amide bonds. The zero-order valence-electron chi connectivity index (χ0n) is 12.6. The van der Waals surface area contributed by atoms with Gasteiger partial charge in [0.2, 0.25) is 5.91 Å². The lowest BCUT2D eigenvalue weighted by atomic mass is 10.1. The van der Waals surface area contributed by atoms with Crippen LogP contribution in [0.25, 0.3) is 5.69 Å². The lowest BCUT2D eigenvalue weighted by Gasteiger charge is -2.11. The van der Waals surface area contributed by atoms with Crippen LogP contribution in [0.3, 0.4) is 0 Å². The van der Waals surface area contributed by atoms with E-state index in [1.807, 2.05) is 36.5 Å². The van der Waals surface area contributed by atoms with E-state index in [4.69, 9.17) is 5.73 Å². The number of nitrogens with zero attached hydrogens (tertiary/aromatic N) is 2. The van der Waals surface area contributed by atoms with Gasteiger partial charge in [-0.05, 0) is 37.6 Å². The summed E-state index contributed by atoms with van der Waals surface area (Å²) in [6.07, 6.45) is 8.18. The lowest BCUT2D eigenvalue weighted by molar-refractivity contribution is -0.116. The number of halogens is 1. The second-order valence-corrected chi connectivity index (χ2v) is 4.97. The van der Waals surface area contributed by atoms with E-state index in [1.165, 1.54) is 0 Å². The van der Waals surface area contributed by atoms with E-state index in [1.54, 1.807) is 10.9 Å². The zero-order chi connectivity index (χ0) is 14.9. The highest BCUT2D eigenvalue weighted by Crippen LogP contribution is 2.19. The average Bonchev–Trinajstić information content (AvgIpc) is 3.02. The van der Waals surface area contributed by atoms with Crippen molar-refractivity contribution in [3.63, 3.8) is 0 Å². The Morgan fingerprint density at radius 1 is 1.14 bits per heavy atom. The van der Waals surface area contributed by atoms with Gasteiger partial charge in [0.25, 0.3) is 0 Å². The van der Waals surface area contributed by atoms with E-state index in [9.17, 15) is 4.79 Å². The van der Waals surface area contributed by atoms with E-state index in [0.29, 0.717) is 6.42 Å². The van der Waals surface area contributed by atoms with Gasteiger partial charge in [-0.3, -0.25) is 4.79 Å². The van der Waals surface area contributed by atoms with Crippen LogP contribution in [-0.4, -0.2) is 22.2 Å². The average molecular weight is 323 g/mol. The van der Waals surface area contributed by atoms with E-state index in [0.717, 1.165) is 43.6 Å². The van der Waals surface area contributed by atoms with Gasteiger partial charge in [0, 0.05) is 18.8 Å². The van der Waals surface area contributed by atoms with Crippen molar-refractivity contribution in [1.29, 1.82) is 0 Å². The number of carbonyl (C=O) groups is 1. The number of unbranched alkanes of at least 4 members (excludes halogenated alkanes) is 3. The topological polar surface area (TPSA) is 72.9 Å². The first-order valence-electron chi connectivity index (χ1n) is 7.40. The molecule has 5 nitrogen and oxygen atoms in total. The third kappa shape index (κ3) is 5.50. The molecule has 1 heterocycles. The van der Waals surface area contributed by atoms with Crippen molar-refractivity contribution < 1.29 is 4.79 Å². The molecule has 0 aliphatic heterocycles. The summed E-state index contributed by atoms with van der Waals surface area (Å²) in [6, 6.07) is 9.52. The molecule has 1 aromatic heterocycles. The molecular weight excluding hydrogens is 300 g/mol. The standard InChI is InChI=1S/C16H22N4O.ClH/c17-11-6-2-1-3-10-16(21)19-14-8-4-5-9-15(14)20-13-7-12-18-20;/h4-5,7-9,12-13H,1-3,6,10-11,17H2,(H,19,21);1H. The van der Waals surface area contributed by atoms with Crippen LogP contribution in [0, 0.1) is 0 Å². The summed E-state index contributed by atoms with van der Waals surface area (Å²) in [5, 5.41) is 7.17. The number of nitrogens with two attached hydrogens (primary N) is 1. The third-order valence-corrected chi connectivity index (χ3v) is 3.29. The SMILES string of the molecule is Cl.NCCCCCCC(=O)Nc1ccccc1-n1cccn1. The Kier molecular flexibility index (Phi) is 8.25. The molecule has 0 unspecified atom stereocenters. The Bertz CT molecular complexity index is 557. The molecule has 6 heteroatoms. The van der Waals surface area contributed by atoms with Crippen molar-refractivity contribution in [2.45, 2.75) is 32.1 Å². The molecule has 2 rings (SSSR count). The monoisotopic (exact) mass is 322 g/mol. The maximum absolute atomic E-state index is 12.0. The van der Waals surface area contributed by atoms with E-state index in [2.05, 4.69) is 10.4 Å². The molecule has 2 aromatic rings. The fraction of sp³-hybridized carbons (Fsp3) is 0.375. The highest BCUT2D eigenvalue weighted by atomic mass is 35.5. The van der Waals surface area contributed by atoms with Gasteiger partial charge in [-0.25, -0.2) is 4.68 Å². The first-order chi connectivity index (χ1) is 10.3. The minimum Gasteiger partial charge on any atom is -0.330 e. The molecule has 0 bridgehead atoms. The Labute approximate surface area is 137 Å². The summed E-state index contributed by atoms with van der Waals surface area (Å²) in [4.78, 5) is 12.0. The van der Waals surface area contributed by atoms with Gasteiger partial charge in [-0.15, -0.1) is 12.4 Å². The molecule has 0 fully saturated rings. The molecule has 3 N–H and O–H groups in total. The van der Waals surface area contributed by atoms with E-state index >= 15 is 0 Å². The first-order valence-corrected chi connectivity index (χ1v) is 7.40. The van der Waals surface area contributed by atoms with E-state index in [-0.39, 0.29) is 18.3 Å². The molecule has 0 saturated carbocycles. The summed E-state index contributed by atoms with van der Waals surface area (Å²) in [7, 11) is 0. The number of benzene rings is 1. The highest BCUT2D eigenvalue weighted by Gasteiger charge is 2.07. The zero-order valence-corrected chi connectivity index (χ0v) is 13.4. The van der Waals surface area contributed by atoms with Gasteiger partial charge in [0.1, 0.15) is 0 Å². The molecule has 0 aliphatic rings. The Hall–Kier alpha value is -1.85. The summed E-state index contributed by atoms with van der Waals surface area (Å²) >= 11 is 0. The van der Waals surface area contributed by atoms with Crippen molar-refractivity contribution in [1.82, 2.24) is 9.78 Å². The highest BCUT2D eigenvalue weighted by molar-refractivity contribution is 5.92. The fourth-order valence-electron chi connectivity index (χ4n) is 2.19. The third-order valence-electron chi connectivity index (χ3n) is 3.29. The van der Waals surface area contributed by atoms with Gasteiger partial charge >= 0.3 is 0 Å². The van der Waals surface area contributed by atoms with Gasteiger partial charge < -0.3 is 11.1 Å². The van der Waals surface area contributed by atoms with Crippen LogP contribution < -0.4 is 11.1 Å². The van der Waals surface area contributed by atoms with Gasteiger partial charge in [-0.2, -0.15) is 5.10 Å². The summed E-state index contributed by atoms with van der Waals surface area (Å²) in [5.74, 6) is 0.0438. The van der Waals surface area contributed by atoms with Crippen LogP contribution in [0.5, 0.6) is 0 Å². The maximum atomic E-state index is 12.0.